The van der Waals surface area contributed by atoms with Gasteiger partial charge in [-0.2, -0.15) is 8.78 Å². The number of hydrogen-bond donors (Lipinski definition) is 1. The van der Waals surface area contributed by atoms with Gasteiger partial charge in [-0.25, -0.2) is 4.79 Å². The van der Waals surface area contributed by atoms with Gasteiger partial charge in [0.2, 0.25) is 0 Å². The van der Waals surface area contributed by atoms with E-state index in [2.05, 4.69) is 9.80 Å². The van der Waals surface area contributed by atoms with Crippen LogP contribution in [0.1, 0.15) is 5.56 Å². The number of nitrogens with zero attached hydrogens (tertiary/aromatic N) is 2. The van der Waals surface area contributed by atoms with Crippen molar-refractivity contribution in [1.82, 2.24) is 4.90 Å². The van der Waals surface area contributed by atoms with Crippen LogP contribution in [0.25, 0.3) is 0 Å². The molecule has 0 aliphatic carbocycles. The van der Waals surface area contributed by atoms with E-state index >= 15 is 0 Å². The third-order valence-corrected chi connectivity index (χ3v) is 3.37. The number of carbonyl (C=O) groups is 1. The summed E-state index contributed by atoms with van der Waals surface area (Å²) in [6, 6.07) is 5.47. The molecule has 104 valence electrons. The fourth-order valence-electron chi connectivity index (χ4n) is 2.07. The maximum Gasteiger partial charge on any atom is 0.379 e. The maximum absolute atomic E-state index is 13.3. The zero-order valence-electron chi connectivity index (χ0n) is 10.6. The molecule has 1 fully saturated rings. The number of halogens is 2. The van der Waals surface area contributed by atoms with E-state index in [1.165, 1.54) is 12.1 Å². The highest BCUT2D eigenvalue weighted by atomic mass is 19.3. The first kappa shape index (κ1) is 13.7. The molecule has 1 N–H and O–H groups in total. The third kappa shape index (κ3) is 2.84. The van der Waals surface area contributed by atoms with E-state index in [0.717, 1.165) is 31.9 Å². The van der Waals surface area contributed by atoms with Crippen molar-refractivity contribution in [3.63, 3.8) is 0 Å². The Labute approximate surface area is 110 Å². The van der Waals surface area contributed by atoms with Gasteiger partial charge in [0, 0.05) is 37.4 Å². The number of piperazine rings is 1. The summed E-state index contributed by atoms with van der Waals surface area (Å²) in [4.78, 5) is 14.8. The predicted octanol–water partition coefficient (Wildman–Crippen LogP) is 1.61. The van der Waals surface area contributed by atoms with Gasteiger partial charge >= 0.3 is 11.9 Å². The van der Waals surface area contributed by atoms with Crippen molar-refractivity contribution in [1.29, 1.82) is 0 Å². The van der Waals surface area contributed by atoms with Gasteiger partial charge < -0.3 is 14.9 Å². The average molecular weight is 270 g/mol. The molecule has 1 aromatic rings. The molecule has 1 aliphatic rings. The van der Waals surface area contributed by atoms with Crippen molar-refractivity contribution < 1.29 is 18.7 Å². The van der Waals surface area contributed by atoms with E-state index in [1.54, 1.807) is 12.1 Å². The molecule has 0 saturated carbocycles. The Morgan fingerprint density at radius 1 is 1.16 bits per heavy atom. The van der Waals surface area contributed by atoms with Crippen LogP contribution in [0.5, 0.6) is 0 Å². The second-order valence-electron chi connectivity index (χ2n) is 4.72. The lowest BCUT2D eigenvalue weighted by Gasteiger charge is -2.34. The second-order valence-corrected chi connectivity index (χ2v) is 4.72. The van der Waals surface area contributed by atoms with E-state index < -0.39 is 17.5 Å². The number of hydrogen-bond acceptors (Lipinski definition) is 3. The standard InChI is InChI=1S/C13H16F2N2O2/c1-16-6-8-17(9-7-16)11-4-2-10(3-5-11)13(14,15)12(18)19/h2-5H,6-9H2,1H3,(H,18,19). The summed E-state index contributed by atoms with van der Waals surface area (Å²) < 4.78 is 26.6. The highest BCUT2D eigenvalue weighted by Gasteiger charge is 2.40. The average Bonchev–Trinajstić information content (AvgIpc) is 2.39. The van der Waals surface area contributed by atoms with Crippen molar-refractivity contribution in [3.05, 3.63) is 29.8 Å². The van der Waals surface area contributed by atoms with Crippen molar-refractivity contribution in [2.75, 3.05) is 38.1 Å². The predicted molar refractivity (Wildman–Crippen MR) is 67.7 cm³/mol. The molecule has 2 rings (SSSR count). The van der Waals surface area contributed by atoms with Crippen LogP contribution in [0.4, 0.5) is 14.5 Å². The smallest absolute Gasteiger partial charge is 0.379 e. The second kappa shape index (κ2) is 5.13. The Balaban J connectivity index is 2.13. The van der Waals surface area contributed by atoms with E-state index in [-0.39, 0.29) is 0 Å². The van der Waals surface area contributed by atoms with Gasteiger partial charge in [-0.3, -0.25) is 0 Å². The molecule has 1 saturated heterocycles. The molecule has 19 heavy (non-hydrogen) atoms. The van der Waals surface area contributed by atoms with Gasteiger partial charge in [0.1, 0.15) is 0 Å². The van der Waals surface area contributed by atoms with Crippen molar-refractivity contribution in [3.8, 4) is 0 Å². The molecule has 6 heteroatoms. The highest BCUT2D eigenvalue weighted by molar-refractivity contribution is 5.77. The molecular weight excluding hydrogens is 254 g/mol. The number of carboxylic acids is 1. The largest absolute Gasteiger partial charge is 0.477 e. The zero-order valence-corrected chi connectivity index (χ0v) is 10.6. The number of carboxylic acid groups (broad SMARTS) is 1. The first-order valence-electron chi connectivity index (χ1n) is 6.06. The maximum atomic E-state index is 13.3. The van der Waals surface area contributed by atoms with Gasteiger partial charge in [-0.15, -0.1) is 0 Å². The van der Waals surface area contributed by atoms with Crippen LogP contribution in [0, 0.1) is 0 Å². The van der Waals surface area contributed by atoms with E-state index in [1.807, 2.05) is 7.05 Å². The van der Waals surface area contributed by atoms with E-state index in [0.29, 0.717) is 0 Å². The molecule has 0 amide bonds. The summed E-state index contributed by atoms with van der Waals surface area (Å²) in [6.45, 7) is 3.52. The Bertz CT molecular complexity index is 454. The first-order valence-corrected chi connectivity index (χ1v) is 6.06. The van der Waals surface area contributed by atoms with Crippen molar-refractivity contribution in [2.24, 2.45) is 0 Å². The molecule has 0 atom stereocenters. The lowest BCUT2D eigenvalue weighted by Crippen LogP contribution is -2.44. The first-order chi connectivity index (χ1) is 8.91. The third-order valence-electron chi connectivity index (χ3n) is 3.37. The molecule has 1 heterocycles. The minimum atomic E-state index is -3.83. The molecule has 4 nitrogen and oxygen atoms in total. The Morgan fingerprint density at radius 3 is 2.16 bits per heavy atom. The molecule has 1 aliphatic heterocycles. The molecule has 0 spiro atoms. The molecular formula is C13H16F2N2O2. The van der Waals surface area contributed by atoms with Crippen LogP contribution < -0.4 is 4.90 Å². The number of anilines is 1. The van der Waals surface area contributed by atoms with Crippen molar-refractivity contribution >= 4 is 11.7 Å². The van der Waals surface area contributed by atoms with E-state index in [9.17, 15) is 13.6 Å². The summed E-state index contributed by atoms with van der Waals surface area (Å²) in [6.07, 6.45) is 0. The van der Waals surface area contributed by atoms with Gasteiger partial charge in [-0.05, 0) is 19.2 Å². The minimum absolute atomic E-state index is 0.488. The normalized spacial score (nSPS) is 17.5. The minimum Gasteiger partial charge on any atom is -0.477 e. The van der Waals surface area contributed by atoms with Crippen LogP contribution in [-0.2, 0) is 10.7 Å². The summed E-state index contributed by atoms with van der Waals surface area (Å²) in [5.41, 5.74) is 0.357. The molecule has 0 bridgehead atoms. The molecule has 0 aromatic heterocycles. The molecule has 0 radical (unpaired) electrons. The highest BCUT2D eigenvalue weighted by Crippen LogP contribution is 2.29. The summed E-state index contributed by atoms with van der Waals surface area (Å²) in [5.74, 6) is -5.96. The van der Waals surface area contributed by atoms with Gasteiger partial charge in [0.25, 0.3) is 0 Å². The Morgan fingerprint density at radius 2 is 1.68 bits per heavy atom. The summed E-state index contributed by atoms with van der Waals surface area (Å²) >= 11 is 0. The lowest BCUT2D eigenvalue weighted by molar-refractivity contribution is -0.166. The number of benzene rings is 1. The Hall–Kier alpha value is -1.69. The number of alkyl halides is 2. The number of aliphatic carboxylic acids is 1. The monoisotopic (exact) mass is 270 g/mol. The zero-order chi connectivity index (χ0) is 14.0. The van der Waals surface area contributed by atoms with Gasteiger partial charge in [0.05, 0.1) is 0 Å². The summed E-state index contributed by atoms with van der Waals surface area (Å²) in [7, 11) is 2.04. The SMILES string of the molecule is CN1CCN(c2ccc(C(F)(F)C(=O)O)cc2)CC1. The fourth-order valence-corrected chi connectivity index (χ4v) is 2.07. The fraction of sp³-hybridized carbons (Fsp3) is 0.462. The lowest BCUT2D eigenvalue weighted by atomic mass is 10.1. The molecule has 1 aromatic carbocycles. The quantitative estimate of drug-likeness (QED) is 0.906. The van der Waals surface area contributed by atoms with Crippen LogP contribution in [0.2, 0.25) is 0 Å². The van der Waals surface area contributed by atoms with Crippen LogP contribution in [-0.4, -0.2) is 49.2 Å². The van der Waals surface area contributed by atoms with Crippen molar-refractivity contribution in [2.45, 2.75) is 5.92 Å². The van der Waals surface area contributed by atoms with E-state index in [4.69, 9.17) is 5.11 Å². The number of likely N-dealkylation sites (N-methyl/N-ethyl adjacent to an activating group) is 1. The van der Waals surface area contributed by atoms with Crippen LogP contribution in [0.3, 0.4) is 0 Å². The van der Waals surface area contributed by atoms with Crippen LogP contribution >= 0.6 is 0 Å². The summed E-state index contributed by atoms with van der Waals surface area (Å²) in [5, 5.41) is 8.48. The van der Waals surface area contributed by atoms with Gasteiger partial charge in [-0.1, -0.05) is 12.1 Å². The van der Waals surface area contributed by atoms with Gasteiger partial charge in [0.15, 0.2) is 0 Å². The molecule has 0 unspecified atom stereocenters. The van der Waals surface area contributed by atoms with Crippen LogP contribution in [0.15, 0.2) is 24.3 Å². The Kier molecular flexibility index (Phi) is 3.71. The number of rotatable bonds is 3. The topological polar surface area (TPSA) is 43.8 Å².